The molecule has 0 saturated carbocycles. The van der Waals surface area contributed by atoms with Crippen LogP contribution in [0.5, 0.6) is 5.75 Å². The van der Waals surface area contributed by atoms with E-state index in [1.807, 2.05) is 12.1 Å². The van der Waals surface area contributed by atoms with Crippen LogP contribution < -0.4 is 0 Å². The third-order valence-electron chi connectivity index (χ3n) is 1.56. The largest absolute Gasteiger partial charge is 0.507 e. The molecule has 12 heavy (non-hydrogen) atoms. The maximum atomic E-state index is 10.1. The maximum absolute atomic E-state index is 10.1. The summed E-state index contributed by atoms with van der Waals surface area (Å²) in [5.74, 6) is 0.291. The summed E-state index contributed by atoms with van der Waals surface area (Å²) in [7, 11) is 0. The molecular formula is C9H9IO2. The highest BCUT2D eigenvalue weighted by atomic mass is 127. The van der Waals surface area contributed by atoms with E-state index in [-0.39, 0.29) is 0 Å². The normalized spacial score (nSPS) is 9.75. The van der Waals surface area contributed by atoms with Gasteiger partial charge in [-0.3, -0.25) is 0 Å². The van der Waals surface area contributed by atoms with Gasteiger partial charge in [-0.2, -0.15) is 0 Å². The van der Waals surface area contributed by atoms with E-state index < -0.39 is 0 Å². The summed E-state index contributed by atoms with van der Waals surface area (Å²) < 4.78 is 0.836. The van der Waals surface area contributed by atoms with Gasteiger partial charge in [-0.1, -0.05) is 6.07 Å². The molecule has 1 aromatic rings. The van der Waals surface area contributed by atoms with Gasteiger partial charge in [-0.05, 0) is 46.7 Å². The molecule has 2 nitrogen and oxygen atoms in total. The van der Waals surface area contributed by atoms with Crippen molar-refractivity contribution in [2.75, 3.05) is 0 Å². The monoisotopic (exact) mass is 276 g/mol. The molecule has 0 saturated heterocycles. The van der Waals surface area contributed by atoms with Crippen LogP contribution in [-0.2, 0) is 11.2 Å². The lowest BCUT2D eigenvalue weighted by Gasteiger charge is -2.00. The van der Waals surface area contributed by atoms with Crippen molar-refractivity contribution in [1.29, 1.82) is 0 Å². The van der Waals surface area contributed by atoms with Crippen molar-refractivity contribution in [2.24, 2.45) is 0 Å². The van der Waals surface area contributed by atoms with E-state index in [4.69, 9.17) is 0 Å². The molecule has 0 aromatic heterocycles. The molecule has 3 heteroatoms. The zero-order valence-electron chi connectivity index (χ0n) is 6.46. The average Bonchev–Trinajstić information content (AvgIpc) is 2.07. The van der Waals surface area contributed by atoms with Crippen LogP contribution in [0.2, 0.25) is 0 Å². The Balaban J connectivity index is 2.75. The van der Waals surface area contributed by atoms with Crippen molar-refractivity contribution in [3.05, 3.63) is 27.3 Å². The Morgan fingerprint density at radius 2 is 2.25 bits per heavy atom. The highest BCUT2D eigenvalue weighted by Crippen LogP contribution is 2.20. The molecule has 0 radical (unpaired) electrons. The van der Waals surface area contributed by atoms with Gasteiger partial charge in [0.15, 0.2) is 0 Å². The summed E-state index contributed by atoms with van der Waals surface area (Å²) >= 11 is 2.06. The molecule has 0 aliphatic rings. The van der Waals surface area contributed by atoms with Crippen LogP contribution >= 0.6 is 22.6 Å². The summed E-state index contributed by atoms with van der Waals surface area (Å²) in [5.41, 5.74) is 1.00. The Labute approximate surface area is 84.7 Å². The minimum Gasteiger partial charge on any atom is -0.507 e. The van der Waals surface area contributed by atoms with E-state index in [0.717, 1.165) is 15.4 Å². The molecule has 0 atom stereocenters. The molecule has 1 aromatic carbocycles. The van der Waals surface area contributed by atoms with Crippen LogP contribution in [0.1, 0.15) is 12.0 Å². The van der Waals surface area contributed by atoms with E-state index in [2.05, 4.69) is 22.6 Å². The van der Waals surface area contributed by atoms with E-state index in [1.54, 1.807) is 6.07 Å². The molecule has 0 heterocycles. The summed E-state index contributed by atoms with van der Waals surface area (Å²) in [6.07, 6.45) is 2.10. The minimum atomic E-state index is 0.291. The highest BCUT2D eigenvalue weighted by molar-refractivity contribution is 14.1. The van der Waals surface area contributed by atoms with Gasteiger partial charge in [0, 0.05) is 6.42 Å². The molecule has 1 rings (SSSR count). The standard InChI is InChI=1S/C9H9IO2/c10-8-4-3-7(2-1-5-11)6-9(8)12/h3-6,12H,1-2H2. The van der Waals surface area contributed by atoms with Crippen molar-refractivity contribution in [3.8, 4) is 5.75 Å². The fourth-order valence-corrected chi connectivity index (χ4v) is 1.27. The minimum absolute atomic E-state index is 0.291. The van der Waals surface area contributed by atoms with Crippen molar-refractivity contribution < 1.29 is 9.90 Å². The van der Waals surface area contributed by atoms with Crippen molar-refractivity contribution in [1.82, 2.24) is 0 Å². The molecule has 0 spiro atoms. The van der Waals surface area contributed by atoms with Gasteiger partial charge in [-0.25, -0.2) is 0 Å². The zero-order valence-corrected chi connectivity index (χ0v) is 8.61. The summed E-state index contributed by atoms with van der Waals surface area (Å²) in [6.45, 7) is 0. The average molecular weight is 276 g/mol. The molecule has 0 bridgehead atoms. The first kappa shape index (κ1) is 9.51. The van der Waals surface area contributed by atoms with E-state index in [9.17, 15) is 9.90 Å². The number of hydrogen-bond acceptors (Lipinski definition) is 2. The lowest BCUT2D eigenvalue weighted by molar-refractivity contribution is -0.107. The third-order valence-corrected chi connectivity index (χ3v) is 2.47. The maximum Gasteiger partial charge on any atom is 0.129 e. The second kappa shape index (κ2) is 4.45. The van der Waals surface area contributed by atoms with Gasteiger partial charge in [-0.15, -0.1) is 0 Å². The fourth-order valence-electron chi connectivity index (χ4n) is 0.939. The van der Waals surface area contributed by atoms with Crippen LogP contribution in [0.3, 0.4) is 0 Å². The van der Waals surface area contributed by atoms with E-state index >= 15 is 0 Å². The van der Waals surface area contributed by atoms with Crippen LogP contribution in [0.25, 0.3) is 0 Å². The van der Waals surface area contributed by atoms with Crippen LogP contribution in [-0.4, -0.2) is 11.4 Å². The number of rotatable bonds is 3. The summed E-state index contributed by atoms with van der Waals surface area (Å²) in [4.78, 5) is 10.1. The number of phenolic OH excluding ortho intramolecular Hbond substituents is 1. The van der Waals surface area contributed by atoms with Gasteiger partial charge < -0.3 is 9.90 Å². The first-order valence-corrected chi connectivity index (χ1v) is 4.73. The first-order valence-electron chi connectivity index (χ1n) is 3.65. The van der Waals surface area contributed by atoms with Crippen molar-refractivity contribution >= 4 is 28.9 Å². The second-order valence-electron chi connectivity index (χ2n) is 2.49. The topological polar surface area (TPSA) is 37.3 Å². The molecule has 1 N–H and O–H groups in total. The highest BCUT2D eigenvalue weighted by Gasteiger charge is 1.98. The number of halogens is 1. The Morgan fingerprint density at radius 1 is 1.50 bits per heavy atom. The number of aldehydes is 1. The number of carbonyl (C=O) groups excluding carboxylic acids is 1. The SMILES string of the molecule is O=CCCc1ccc(I)c(O)c1. The zero-order chi connectivity index (χ0) is 8.97. The Bertz CT molecular complexity index is 284. The van der Waals surface area contributed by atoms with E-state index in [0.29, 0.717) is 18.6 Å². The fraction of sp³-hybridized carbons (Fsp3) is 0.222. The molecule has 64 valence electrons. The Kier molecular flexibility index (Phi) is 3.52. The molecule has 0 amide bonds. The smallest absolute Gasteiger partial charge is 0.129 e. The Hall–Kier alpha value is -0.580. The molecule has 0 aliphatic carbocycles. The Morgan fingerprint density at radius 3 is 2.83 bits per heavy atom. The van der Waals surface area contributed by atoms with Gasteiger partial charge in [0.25, 0.3) is 0 Å². The quantitative estimate of drug-likeness (QED) is 0.678. The predicted molar refractivity (Wildman–Crippen MR) is 55.2 cm³/mol. The summed E-state index contributed by atoms with van der Waals surface area (Å²) in [5, 5.41) is 9.30. The lowest BCUT2D eigenvalue weighted by Crippen LogP contribution is -1.86. The van der Waals surface area contributed by atoms with E-state index in [1.165, 1.54) is 0 Å². The predicted octanol–water partition coefficient (Wildman–Crippen LogP) is 2.13. The van der Waals surface area contributed by atoms with Crippen molar-refractivity contribution in [3.63, 3.8) is 0 Å². The third kappa shape index (κ3) is 2.48. The van der Waals surface area contributed by atoms with Crippen molar-refractivity contribution in [2.45, 2.75) is 12.8 Å². The van der Waals surface area contributed by atoms with Crippen LogP contribution in [0.15, 0.2) is 18.2 Å². The number of hydrogen-bond donors (Lipinski definition) is 1. The van der Waals surface area contributed by atoms with Gasteiger partial charge in [0.2, 0.25) is 0 Å². The molecule has 0 aliphatic heterocycles. The lowest BCUT2D eigenvalue weighted by atomic mass is 10.1. The van der Waals surface area contributed by atoms with Gasteiger partial charge in [0.1, 0.15) is 12.0 Å². The molecule has 0 unspecified atom stereocenters. The number of benzene rings is 1. The van der Waals surface area contributed by atoms with Gasteiger partial charge >= 0.3 is 0 Å². The molecule has 0 fully saturated rings. The number of aromatic hydroxyl groups is 1. The molecular weight excluding hydrogens is 267 g/mol. The summed E-state index contributed by atoms with van der Waals surface area (Å²) in [6, 6.07) is 5.46. The van der Waals surface area contributed by atoms with Crippen LogP contribution in [0, 0.1) is 3.57 Å². The first-order chi connectivity index (χ1) is 5.74. The number of aryl methyl sites for hydroxylation is 1. The van der Waals surface area contributed by atoms with Gasteiger partial charge in [0.05, 0.1) is 3.57 Å². The number of phenols is 1. The van der Waals surface area contributed by atoms with Crippen LogP contribution in [0.4, 0.5) is 0 Å². The number of carbonyl (C=O) groups is 1. The second-order valence-corrected chi connectivity index (χ2v) is 3.65.